The van der Waals surface area contributed by atoms with E-state index in [9.17, 15) is 13.0 Å². The molecule has 0 aromatic heterocycles. The van der Waals surface area contributed by atoms with E-state index < -0.39 is 10.1 Å². The molecule has 0 aliphatic rings. The minimum atomic E-state index is -4.44. The van der Waals surface area contributed by atoms with E-state index in [1.165, 1.54) is 6.07 Å². The van der Waals surface area contributed by atoms with E-state index in [2.05, 4.69) is 0 Å². The van der Waals surface area contributed by atoms with Crippen LogP contribution >= 0.6 is 0 Å². The molecule has 90 valence electrons. The molecular formula is C12H12LiNO3S. The fourth-order valence-electron chi connectivity index (χ4n) is 1.87. The molecule has 0 radical (unpaired) electrons. The summed E-state index contributed by atoms with van der Waals surface area (Å²) >= 11 is 0. The van der Waals surface area contributed by atoms with Gasteiger partial charge in [0.25, 0.3) is 0 Å². The maximum absolute atomic E-state index is 11.2. The predicted molar refractivity (Wildman–Crippen MR) is 66.2 cm³/mol. The zero-order valence-electron chi connectivity index (χ0n) is 10.5. The Bertz CT molecular complexity index is 668. The first-order chi connectivity index (χ1) is 7.91. The van der Waals surface area contributed by atoms with Crippen molar-refractivity contribution in [3.63, 3.8) is 0 Å². The maximum atomic E-state index is 11.2. The van der Waals surface area contributed by atoms with E-state index in [-0.39, 0.29) is 23.8 Å². The van der Waals surface area contributed by atoms with Gasteiger partial charge in [-0.15, -0.1) is 0 Å². The quantitative estimate of drug-likeness (QED) is 0.501. The summed E-state index contributed by atoms with van der Waals surface area (Å²) in [5.41, 5.74) is 0.882. The summed E-state index contributed by atoms with van der Waals surface area (Å²) in [4.78, 5) is 1.71. The molecule has 0 unspecified atom stereocenters. The summed E-state index contributed by atoms with van der Waals surface area (Å²) in [5, 5.41) is 1.23. The summed E-state index contributed by atoms with van der Waals surface area (Å²) in [6.45, 7) is 0. The van der Waals surface area contributed by atoms with Gasteiger partial charge in [0, 0.05) is 30.6 Å². The van der Waals surface area contributed by atoms with Gasteiger partial charge < -0.3 is 9.45 Å². The largest absolute Gasteiger partial charge is 1.00 e. The molecule has 6 heteroatoms. The van der Waals surface area contributed by atoms with E-state index in [0.29, 0.717) is 5.39 Å². The van der Waals surface area contributed by atoms with Gasteiger partial charge in [0.1, 0.15) is 10.1 Å². The summed E-state index contributed by atoms with van der Waals surface area (Å²) in [6, 6.07) is 9.99. The van der Waals surface area contributed by atoms with Crippen molar-refractivity contribution in [2.24, 2.45) is 0 Å². The Labute approximate surface area is 119 Å². The molecule has 0 N–H and O–H groups in total. The van der Waals surface area contributed by atoms with Crippen molar-refractivity contribution in [1.82, 2.24) is 0 Å². The zero-order valence-corrected chi connectivity index (χ0v) is 11.4. The van der Waals surface area contributed by atoms with Gasteiger partial charge in [0.15, 0.2) is 0 Å². The fraction of sp³-hybridized carbons (Fsp3) is 0.167. The summed E-state index contributed by atoms with van der Waals surface area (Å²) in [6.07, 6.45) is 0. The second-order valence-corrected chi connectivity index (χ2v) is 5.33. The fourth-order valence-corrected chi connectivity index (χ4v) is 2.57. The molecule has 2 aromatic carbocycles. The normalized spacial score (nSPS) is 11.1. The van der Waals surface area contributed by atoms with Gasteiger partial charge in [-0.25, -0.2) is 8.42 Å². The Morgan fingerprint density at radius 2 is 1.56 bits per heavy atom. The molecule has 0 bridgehead atoms. The van der Waals surface area contributed by atoms with Crippen molar-refractivity contribution in [3.8, 4) is 0 Å². The maximum Gasteiger partial charge on any atom is 1.00 e. The molecule has 0 aliphatic carbocycles. The number of nitrogens with zero attached hydrogens (tertiary/aromatic N) is 1. The van der Waals surface area contributed by atoms with Gasteiger partial charge in [-0.1, -0.05) is 24.3 Å². The van der Waals surface area contributed by atoms with Crippen molar-refractivity contribution in [2.75, 3.05) is 19.0 Å². The van der Waals surface area contributed by atoms with Crippen molar-refractivity contribution < 1.29 is 31.8 Å². The summed E-state index contributed by atoms with van der Waals surface area (Å²) < 4.78 is 33.5. The van der Waals surface area contributed by atoms with Crippen LogP contribution in [0.25, 0.3) is 10.8 Å². The van der Waals surface area contributed by atoms with E-state index >= 15 is 0 Å². The minimum Gasteiger partial charge on any atom is -0.744 e. The number of benzene rings is 2. The van der Waals surface area contributed by atoms with Crippen LogP contribution in [-0.2, 0) is 10.1 Å². The Balaban J connectivity index is 0.00000162. The number of hydrogen-bond acceptors (Lipinski definition) is 4. The SMILES string of the molecule is CN(C)c1cccc2c(S(=O)(=O)[O-])cccc12.[Li+]. The molecule has 0 aliphatic heterocycles. The van der Waals surface area contributed by atoms with Gasteiger partial charge in [0.05, 0.1) is 4.90 Å². The molecule has 2 aromatic rings. The van der Waals surface area contributed by atoms with Crippen LogP contribution in [0.5, 0.6) is 0 Å². The molecule has 4 nitrogen and oxygen atoms in total. The molecule has 18 heavy (non-hydrogen) atoms. The molecule has 0 fully saturated rings. The minimum absolute atomic E-state index is 0. The van der Waals surface area contributed by atoms with E-state index in [4.69, 9.17) is 0 Å². The van der Waals surface area contributed by atoms with Crippen LogP contribution in [0.1, 0.15) is 0 Å². The van der Waals surface area contributed by atoms with Crippen LogP contribution in [0, 0.1) is 0 Å². The van der Waals surface area contributed by atoms with Gasteiger partial charge in [-0.3, -0.25) is 0 Å². The molecule has 0 saturated carbocycles. The smallest absolute Gasteiger partial charge is 0.744 e. The first kappa shape index (κ1) is 15.1. The second kappa shape index (κ2) is 5.33. The number of anilines is 1. The van der Waals surface area contributed by atoms with Gasteiger partial charge in [-0.05, 0) is 12.1 Å². The second-order valence-electron chi connectivity index (χ2n) is 3.98. The van der Waals surface area contributed by atoms with Crippen LogP contribution < -0.4 is 23.8 Å². The van der Waals surface area contributed by atoms with Crippen LogP contribution in [0.4, 0.5) is 5.69 Å². The van der Waals surface area contributed by atoms with Crippen LogP contribution in [0.15, 0.2) is 41.3 Å². The molecular weight excluding hydrogens is 245 g/mol. The molecule has 0 spiro atoms. The summed E-state index contributed by atoms with van der Waals surface area (Å²) in [7, 11) is -0.704. The molecule has 0 saturated heterocycles. The predicted octanol–water partition coefficient (Wildman–Crippen LogP) is -1.19. The van der Waals surface area contributed by atoms with Crippen molar-refractivity contribution in [1.29, 1.82) is 0 Å². The van der Waals surface area contributed by atoms with Crippen molar-refractivity contribution in [2.45, 2.75) is 4.90 Å². The average Bonchev–Trinajstić information content (AvgIpc) is 2.26. The molecule has 0 amide bonds. The Hall–Kier alpha value is -0.993. The monoisotopic (exact) mass is 257 g/mol. The topological polar surface area (TPSA) is 60.4 Å². The first-order valence-electron chi connectivity index (χ1n) is 5.06. The molecule has 2 rings (SSSR count). The van der Waals surface area contributed by atoms with Crippen LogP contribution in [-0.4, -0.2) is 27.1 Å². The third kappa shape index (κ3) is 2.70. The number of fused-ring (bicyclic) bond motifs is 1. The van der Waals surface area contributed by atoms with E-state index in [1.54, 1.807) is 24.3 Å². The van der Waals surface area contributed by atoms with Crippen molar-refractivity contribution >= 4 is 26.6 Å². The number of hydrogen-bond donors (Lipinski definition) is 0. The first-order valence-corrected chi connectivity index (χ1v) is 6.47. The number of rotatable bonds is 2. The van der Waals surface area contributed by atoms with Gasteiger partial charge in [-0.2, -0.15) is 0 Å². The van der Waals surface area contributed by atoms with Gasteiger partial charge in [0.2, 0.25) is 0 Å². The molecule has 0 heterocycles. The summed E-state index contributed by atoms with van der Waals surface area (Å²) in [5.74, 6) is 0. The average molecular weight is 257 g/mol. The van der Waals surface area contributed by atoms with E-state index in [1.807, 2.05) is 25.1 Å². The van der Waals surface area contributed by atoms with Crippen molar-refractivity contribution in [3.05, 3.63) is 36.4 Å². The van der Waals surface area contributed by atoms with Gasteiger partial charge >= 0.3 is 18.9 Å². The third-order valence-corrected chi connectivity index (χ3v) is 3.50. The molecule has 0 atom stereocenters. The third-order valence-electron chi connectivity index (χ3n) is 2.61. The zero-order chi connectivity index (χ0) is 12.6. The Morgan fingerprint density at radius 1 is 1.00 bits per heavy atom. The van der Waals surface area contributed by atoms with E-state index in [0.717, 1.165) is 11.1 Å². The van der Waals surface area contributed by atoms with Crippen LogP contribution in [0.3, 0.4) is 0 Å². The van der Waals surface area contributed by atoms with Crippen LogP contribution in [0.2, 0.25) is 0 Å². The Kier molecular flexibility index (Phi) is 4.46. The standard InChI is InChI=1S/C12H13NO3S.Li/c1-13(2)11-7-3-6-10-9(11)5-4-8-12(10)17(14,15)16;/h3-8H,1-2H3,(H,14,15,16);/q;+1/p-1. The Morgan fingerprint density at radius 3 is 2.11 bits per heavy atom.